The molecule has 3 heterocycles. The van der Waals surface area contributed by atoms with Crippen molar-refractivity contribution in [3.63, 3.8) is 0 Å². The molecule has 2 bridgehead atoms. The van der Waals surface area contributed by atoms with Crippen LogP contribution < -0.4 is 5.73 Å². The molecule has 3 heteroatoms. The van der Waals surface area contributed by atoms with Crippen LogP contribution in [-0.2, 0) is 0 Å². The molecule has 0 spiro atoms. The zero-order valence-corrected chi connectivity index (χ0v) is 12.0. The van der Waals surface area contributed by atoms with Crippen molar-refractivity contribution in [2.24, 2.45) is 11.7 Å². The van der Waals surface area contributed by atoms with E-state index in [0.717, 1.165) is 30.6 Å². The molecule has 0 aromatic rings. The van der Waals surface area contributed by atoms with Crippen LogP contribution in [0.3, 0.4) is 0 Å². The number of likely N-dealkylation sites (tertiary alicyclic amines) is 1. The summed E-state index contributed by atoms with van der Waals surface area (Å²) in [5, 5.41) is 0. The van der Waals surface area contributed by atoms with Crippen LogP contribution in [0.2, 0.25) is 0 Å². The Bertz CT molecular complexity index is 279. The fraction of sp³-hybridized carbons (Fsp3) is 1.00. The smallest absolute Gasteiger partial charge is 0.0246 e. The molecule has 3 rings (SSSR count). The SMILES string of the molecule is CC1CCCN(C2CC3CCC(C2)N3C)C1CN. The number of nitrogens with two attached hydrogens (primary N) is 1. The van der Waals surface area contributed by atoms with Crippen LogP contribution in [0.25, 0.3) is 0 Å². The molecule has 0 aromatic carbocycles. The Kier molecular flexibility index (Phi) is 3.65. The highest BCUT2D eigenvalue weighted by atomic mass is 15.3. The van der Waals surface area contributed by atoms with Gasteiger partial charge in [-0.15, -0.1) is 0 Å². The molecule has 2 N–H and O–H groups in total. The highest BCUT2D eigenvalue weighted by Crippen LogP contribution is 2.38. The zero-order valence-electron chi connectivity index (χ0n) is 12.0. The molecule has 0 aliphatic carbocycles. The van der Waals surface area contributed by atoms with E-state index < -0.39 is 0 Å². The van der Waals surface area contributed by atoms with Crippen molar-refractivity contribution in [3.8, 4) is 0 Å². The van der Waals surface area contributed by atoms with Crippen LogP contribution in [-0.4, -0.2) is 54.1 Å². The largest absolute Gasteiger partial charge is 0.329 e. The van der Waals surface area contributed by atoms with Crippen molar-refractivity contribution in [3.05, 3.63) is 0 Å². The molecule has 0 radical (unpaired) electrons. The molecule has 4 atom stereocenters. The number of hydrogen-bond acceptors (Lipinski definition) is 3. The first-order chi connectivity index (χ1) is 8.70. The lowest BCUT2D eigenvalue weighted by atomic mass is 9.86. The molecule has 3 aliphatic rings. The molecule has 0 amide bonds. The molecule has 0 aromatic heterocycles. The molecule has 3 aliphatic heterocycles. The number of fused-ring (bicyclic) bond motifs is 2. The fourth-order valence-electron chi connectivity index (χ4n) is 4.76. The van der Waals surface area contributed by atoms with E-state index in [9.17, 15) is 0 Å². The van der Waals surface area contributed by atoms with Crippen LogP contribution in [0.15, 0.2) is 0 Å². The van der Waals surface area contributed by atoms with Crippen LogP contribution in [0.5, 0.6) is 0 Å². The quantitative estimate of drug-likeness (QED) is 0.810. The summed E-state index contributed by atoms with van der Waals surface area (Å²) >= 11 is 0. The third kappa shape index (κ3) is 2.10. The molecule has 3 nitrogen and oxygen atoms in total. The van der Waals surface area contributed by atoms with Gasteiger partial charge in [0.2, 0.25) is 0 Å². The third-order valence-corrected chi connectivity index (χ3v) is 5.94. The molecule has 0 saturated carbocycles. The van der Waals surface area contributed by atoms with E-state index >= 15 is 0 Å². The predicted molar refractivity (Wildman–Crippen MR) is 75.5 cm³/mol. The molecular formula is C15H29N3. The van der Waals surface area contributed by atoms with E-state index in [2.05, 4.69) is 23.8 Å². The van der Waals surface area contributed by atoms with Crippen LogP contribution >= 0.6 is 0 Å². The number of nitrogens with zero attached hydrogens (tertiary/aromatic N) is 2. The van der Waals surface area contributed by atoms with Gasteiger partial charge in [0.1, 0.15) is 0 Å². The van der Waals surface area contributed by atoms with Gasteiger partial charge in [-0.2, -0.15) is 0 Å². The van der Waals surface area contributed by atoms with Crippen LogP contribution in [0.1, 0.15) is 45.4 Å². The monoisotopic (exact) mass is 251 g/mol. The van der Waals surface area contributed by atoms with Crippen molar-refractivity contribution < 1.29 is 0 Å². The number of hydrogen-bond donors (Lipinski definition) is 1. The van der Waals surface area contributed by atoms with E-state index in [0.29, 0.717) is 6.04 Å². The standard InChI is InChI=1S/C15H29N3/c1-11-4-3-7-18(15(11)10-16)14-8-12-5-6-13(9-14)17(12)2/h11-15H,3-10,16H2,1-2H3. The lowest BCUT2D eigenvalue weighted by molar-refractivity contribution is 0.0124. The van der Waals surface area contributed by atoms with Crippen molar-refractivity contribution in [2.75, 3.05) is 20.1 Å². The minimum absolute atomic E-state index is 0.645. The minimum Gasteiger partial charge on any atom is -0.329 e. The average molecular weight is 251 g/mol. The van der Waals surface area contributed by atoms with Crippen LogP contribution in [0.4, 0.5) is 0 Å². The van der Waals surface area contributed by atoms with Gasteiger partial charge >= 0.3 is 0 Å². The molecule has 4 unspecified atom stereocenters. The minimum atomic E-state index is 0.645. The van der Waals surface area contributed by atoms with E-state index in [1.54, 1.807) is 0 Å². The maximum atomic E-state index is 6.05. The second-order valence-electron chi connectivity index (χ2n) is 6.84. The molecule has 3 saturated heterocycles. The second-order valence-corrected chi connectivity index (χ2v) is 6.84. The highest BCUT2D eigenvalue weighted by Gasteiger charge is 2.42. The summed E-state index contributed by atoms with van der Waals surface area (Å²) in [6.07, 6.45) is 8.37. The van der Waals surface area contributed by atoms with E-state index in [1.165, 1.54) is 45.1 Å². The summed E-state index contributed by atoms with van der Waals surface area (Å²) in [6.45, 7) is 4.54. The predicted octanol–water partition coefficient (Wildman–Crippen LogP) is 1.67. The molecular weight excluding hydrogens is 222 g/mol. The lowest BCUT2D eigenvalue weighted by Gasteiger charge is -2.48. The van der Waals surface area contributed by atoms with Gasteiger partial charge in [0.05, 0.1) is 0 Å². The summed E-state index contributed by atoms with van der Waals surface area (Å²) in [7, 11) is 2.33. The maximum absolute atomic E-state index is 6.05. The lowest BCUT2D eigenvalue weighted by Crippen LogP contribution is -2.57. The van der Waals surface area contributed by atoms with Crippen molar-refractivity contribution in [1.29, 1.82) is 0 Å². The fourth-order valence-corrected chi connectivity index (χ4v) is 4.76. The Morgan fingerprint density at radius 1 is 1.06 bits per heavy atom. The van der Waals surface area contributed by atoms with E-state index in [1.807, 2.05) is 0 Å². The number of rotatable bonds is 2. The summed E-state index contributed by atoms with van der Waals surface area (Å²) in [5.74, 6) is 0.793. The van der Waals surface area contributed by atoms with Crippen molar-refractivity contribution >= 4 is 0 Å². The van der Waals surface area contributed by atoms with Gasteiger partial charge in [-0.05, 0) is 58.0 Å². The Labute approximate surface area is 112 Å². The zero-order chi connectivity index (χ0) is 12.7. The van der Waals surface area contributed by atoms with Gasteiger partial charge in [-0.1, -0.05) is 6.92 Å². The van der Waals surface area contributed by atoms with Gasteiger partial charge in [0.15, 0.2) is 0 Å². The summed E-state index contributed by atoms with van der Waals surface area (Å²) in [6, 6.07) is 3.16. The van der Waals surface area contributed by atoms with E-state index in [-0.39, 0.29) is 0 Å². The summed E-state index contributed by atoms with van der Waals surface area (Å²) in [4.78, 5) is 5.42. The highest BCUT2D eigenvalue weighted by molar-refractivity contribution is 4.99. The summed E-state index contributed by atoms with van der Waals surface area (Å²) < 4.78 is 0. The van der Waals surface area contributed by atoms with Gasteiger partial charge in [-0.25, -0.2) is 0 Å². The Hall–Kier alpha value is -0.120. The Morgan fingerprint density at radius 2 is 1.72 bits per heavy atom. The molecule has 104 valence electrons. The first-order valence-electron chi connectivity index (χ1n) is 7.88. The normalized spacial score (nSPS) is 46.5. The summed E-state index contributed by atoms with van der Waals surface area (Å²) in [5.41, 5.74) is 6.05. The maximum Gasteiger partial charge on any atom is 0.0246 e. The van der Waals surface area contributed by atoms with Crippen LogP contribution in [0, 0.1) is 5.92 Å². The van der Waals surface area contributed by atoms with Gasteiger partial charge in [-0.3, -0.25) is 4.90 Å². The van der Waals surface area contributed by atoms with Crippen molar-refractivity contribution in [1.82, 2.24) is 9.80 Å². The molecule has 3 fully saturated rings. The van der Waals surface area contributed by atoms with Gasteiger partial charge < -0.3 is 10.6 Å². The van der Waals surface area contributed by atoms with Gasteiger partial charge in [0.25, 0.3) is 0 Å². The third-order valence-electron chi connectivity index (χ3n) is 5.94. The first-order valence-corrected chi connectivity index (χ1v) is 7.88. The van der Waals surface area contributed by atoms with Gasteiger partial charge in [0, 0.05) is 30.7 Å². The first kappa shape index (κ1) is 12.9. The topological polar surface area (TPSA) is 32.5 Å². The Morgan fingerprint density at radius 3 is 2.33 bits per heavy atom. The van der Waals surface area contributed by atoms with E-state index in [4.69, 9.17) is 5.73 Å². The second kappa shape index (κ2) is 5.10. The molecule has 18 heavy (non-hydrogen) atoms. The average Bonchev–Trinajstić information content (AvgIpc) is 2.61. The van der Waals surface area contributed by atoms with Crippen molar-refractivity contribution in [2.45, 2.75) is 69.6 Å². The Balaban J connectivity index is 1.70. The number of piperidine rings is 2.